The number of likely N-dealkylation sites (tertiary alicyclic amines) is 1. The summed E-state index contributed by atoms with van der Waals surface area (Å²) in [6.07, 6.45) is -1.84. The highest BCUT2D eigenvalue weighted by molar-refractivity contribution is 7.93. The molecule has 1 atom stereocenters. The third kappa shape index (κ3) is 4.79. The van der Waals surface area contributed by atoms with Gasteiger partial charge in [-0.2, -0.15) is 13.2 Å². The second-order valence-corrected chi connectivity index (χ2v) is 9.94. The van der Waals surface area contributed by atoms with E-state index in [1.807, 2.05) is 11.9 Å². The van der Waals surface area contributed by atoms with Gasteiger partial charge in [-0.3, -0.25) is 14.0 Å². The van der Waals surface area contributed by atoms with Gasteiger partial charge in [0.05, 0.1) is 23.8 Å². The smallest absolute Gasteiger partial charge is 0.416 e. The van der Waals surface area contributed by atoms with Crippen molar-refractivity contribution in [3.05, 3.63) is 48.0 Å². The van der Waals surface area contributed by atoms with Crippen molar-refractivity contribution in [1.29, 1.82) is 0 Å². The van der Waals surface area contributed by atoms with Crippen molar-refractivity contribution in [2.75, 3.05) is 36.4 Å². The first-order valence-corrected chi connectivity index (χ1v) is 12.0. The lowest BCUT2D eigenvalue weighted by Gasteiger charge is -2.31. The van der Waals surface area contributed by atoms with E-state index in [1.165, 1.54) is 12.1 Å². The van der Waals surface area contributed by atoms with Gasteiger partial charge in [-0.25, -0.2) is 8.42 Å². The number of sulfonamides is 1. The zero-order valence-corrected chi connectivity index (χ0v) is 18.7. The predicted octanol–water partition coefficient (Wildman–Crippen LogP) is 3.72. The lowest BCUT2D eigenvalue weighted by molar-refractivity contribution is -0.137. The molecule has 0 aliphatic carbocycles. The van der Waals surface area contributed by atoms with Crippen molar-refractivity contribution in [2.45, 2.75) is 36.4 Å². The van der Waals surface area contributed by atoms with Crippen LogP contribution in [0.1, 0.15) is 24.8 Å². The van der Waals surface area contributed by atoms with Crippen LogP contribution in [0.15, 0.2) is 47.4 Å². The molecule has 0 radical (unpaired) electrons. The number of benzene rings is 2. The van der Waals surface area contributed by atoms with Crippen molar-refractivity contribution < 1.29 is 31.1 Å². The molecule has 11 heteroatoms. The van der Waals surface area contributed by atoms with Crippen molar-refractivity contribution in [1.82, 2.24) is 4.90 Å². The normalized spacial score (nSPS) is 21.0. The van der Waals surface area contributed by atoms with E-state index in [1.54, 1.807) is 6.07 Å². The molecular weight excluding hydrogens is 459 g/mol. The molecule has 33 heavy (non-hydrogen) atoms. The number of halogens is 3. The quantitative estimate of drug-likeness (QED) is 0.720. The van der Waals surface area contributed by atoms with Gasteiger partial charge in [0.15, 0.2) is 0 Å². The predicted molar refractivity (Wildman–Crippen MR) is 117 cm³/mol. The molecule has 2 aliphatic heterocycles. The minimum atomic E-state index is -4.52. The molecular formula is C22H24F3N3O4S. The Balaban J connectivity index is 1.62. The van der Waals surface area contributed by atoms with Crippen LogP contribution < -0.4 is 14.4 Å². The average Bonchev–Trinajstić information content (AvgIpc) is 2.89. The third-order valence-corrected chi connectivity index (χ3v) is 7.74. The van der Waals surface area contributed by atoms with Gasteiger partial charge < -0.3 is 10.1 Å². The highest BCUT2D eigenvalue weighted by Crippen LogP contribution is 2.36. The molecule has 4 rings (SSSR count). The number of piperidine rings is 1. The van der Waals surface area contributed by atoms with Gasteiger partial charge in [-0.1, -0.05) is 6.42 Å². The monoisotopic (exact) mass is 483 g/mol. The zero-order chi connectivity index (χ0) is 23.8. The Kier molecular flexibility index (Phi) is 6.28. The molecule has 1 amide bonds. The SMILES string of the molecule is CN1CCCCC1C(=O)Nc1ccc2c(c1)S(=O)(=O)N(c1ccc(C(F)(F)F)cc1)CCO2. The van der Waals surface area contributed by atoms with Crippen LogP contribution in [-0.4, -0.2) is 52.0 Å². The standard InChI is InChI=1S/C22H24F3N3O4S/c1-27-11-3-2-4-18(27)21(29)26-16-7-10-19-20(14-16)33(30,31)28(12-13-32-19)17-8-5-15(6-9-17)22(23,24)25/h5-10,14,18H,2-4,11-13H2,1H3,(H,26,29). The van der Waals surface area contributed by atoms with E-state index in [0.29, 0.717) is 5.69 Å². The number of hydrogen-bond acceptors (Lipinski definition) is 5. The summed E-state index contributed by atoms with van der Waals surface area (Å²) in [5.41, 5.74) is -0.468. The summed E-state index contributed by atoms with van der Waals surface area (Å²) in [7, 11) is -2.27. The first kappa shape index (κ1) is 23.4. The van der Waals surface area contributed by atoms with E-state index in [9.17, 15) is 26.4 Å². The van der Waals surface area contributed by atoms with Gasteiger partial charge in [0, 0.05) is 5.69 Å². The summed E-state index contributed by atoms with van der Waals surface area (Å²) in [5, 5.41) is 2.78. The average molecular weight is 484 g/mol. The first-order chi connectivity index (χ1) is 15.6. The van der Waals surface area contributed by atoms with Gasteiger partial charge in [-0.15, -0.1) is 0 Å². The number of alkyl halides is 3. The van der Waals surface area contributed by atoms with Crippen molar-refractivity contribution in [3.8, 4) is 5.75 Å². The largest absolute Gasteiger partial charge is 0.490 e. The Morgan fingerprint density at radius 3 is 2.48 bits per heavy atom. The Morgan fingerprint density at radius 1 is 1.09 bits per heavy atom. The molecule has 2 aliphatic rings. The molecule has 0 aromatic heterocycles. The summed E-state index contributed by atoms with van der Waals surface area (Å²) in [6, 6.07) is 8.00. The van der Waals surface area contributed by atoms with E-state index in [2.05, 4.69) is 5.32 Å². The van der Waals surface area contributed by atoms with E-state index in [4.69, 9.17) is 4.74 Å². The number of likely N-dealkylation sites (N-methyl/N-ethyl adjacent to an activating group) is 1. The molecule has 2 aromatic carbocycles. The van der Waals surface area contributed by atoms with E-state index in [-0.39, 0.29) is 41.4 Å². The van der Waals surface area contributed by atoms with Crippen molar-refractivity contribution in [2.24, 2.45) is 0 Å². The fraction of sp³-hybridized carbons (Fsp3) is 0.409. The van der Waals surface area contributed by atoms with E-state index < -0.39 is 21.8 Å². The first-order valence-electron chi connectivity index (χ1n) is 10.6. The second kappa shape index (κ2) is 8.86. The molecule has 0 spiro atoms. The molecule has 2 heterocycles. The maximum Gasteiger partial charge on any atom is 0.416 e. The van der Waals surface area contributed by atoms with Gasteiger partial charge in [0.2, 0.25) is 5.91 Å². The zero-order valence-electron chi connectivity index (χ0n) is 17.9. The van der Waals surface area contributed by atoms with Crippen molar-refractivity contribution in [3.63, 3.8) is 0 Å². The van der Waals surface area contributed by atoms with Gasteiger partial charge in [-0.05, 0) is 68.9 Å². The Bertz CT molecular complexity index is 1140. The van der Waals surface area contributed by atoms with Crippen LogP contribution in [0.4, 0.5) is 24.5 Å². The van der Waals surface area contributed by atoms with Crippen LogP contribution in [-0.2, 0) is 21.0 Å². The van der Waals surface area contributed by atoms with E-state index >= 15 is 0 Å². The summed E-state index contributed by atoms with van der Waals surface area (Å²) >= 11 is 0. The molecule has 1 N–H and O–H groups in total. The Morgan fingerprint density at radius 2 is 1.82 bits per heavy atom. The molecule has 178 valence electrons. The highest BCUT2D eigenvalue weighted by Gasteiger charge is 2.34. The number of carbonyl (C=O) groups excluding carboxylic acids is 1. The highest BCUT2D eigenvalue weighted by atomic mass is 32.2. The number of ether oxygens (including phenoxy) is 1. The van der Waals surface area contributed by atoms with Crippen LogP contribution >= 0.6 is 0 Å². The van der Waals surface area contributed by atoms with Crippen molar-refractivity contribution >= 4 is 27.3 Å². The molecule has 1 fully saturated rings. The number of carbonyl (C=O) groups is 1. The van der Waals surface area contributed by atoms with Gasteiger partial charge in [0.1, 0.15) is 17.3 Å². The number of fused-ring (bicyclic) bond motifs is 1. The molecule has 2 aromatic rings. The fourth-order valence-electron chi connectivity index (χ4n) is 4.10. The topological polar surface area (TPSA) is 79.0 Å². The second-order valence-electron chi connectivity index (χ2n) is 8.11. The van der Waals surface area contributed by atoms with Crippen LogP contribution in [0.3, 0.4) is 0 Å². The molecule has 7 nitrogen and oxygen atoms in total. The summed E-state index contributed by atoms with van der Waals surface area (Å²) < 4.78 is 72.1. The van der Waals surface area contributed by atoms with Crippen LogP contribution in [0.2, 0.25) is 0 Å². The van der Waals surface area contributed by atoms with Gasteiger partial charge >= 0.3 is 6.18 Å². The number of amides is 1. The lowest BCUT2D eigenvalue weighted by Crippen LogP contribution is -2.44. The molecule has 0 bridgehead atoms. The van der Waals surface area contributed by atoms with Crippen LogP contribution in [0, 0.1) is 0 Å². The lowest BCUT2D eigenvalue weighted by atomic mass is 10.0. The minimum absolute atomic E-state index is 0.0197. The number of anilines is 2. The summed E-state index contributed by atoms with van der Waals surface area (Å²) in [5.74, 6) is -0.0964. The summed E-state index contributed by atoms with van der Waals surface area (Å²) in [4.78, 5) is 14.5. The molecule has 1 saturated heterocycles. The fourth-order valence-corrected chi connectivity index (χ4v) is 5.71. The van der Waals surface area contributed by atoms with Gasteiger partial charge in [0.25, 0.3) is 10.0 Å². The number of hydrogen-bond donors (Lipinski definition) is 1. The summed E-state index contributed by atoms with van der Waals surface area (Å²) in [6.45, 7) is 0.759. The van der Waals surface area contributed by atoms with Crippen LogP contribution in [0.25, 0.3) is 0 Å². The number of rotatable bonds is 3. The number of nitrogens with zero attached hydrogens (tertiary/aromatic N) is 2. The number of nitrogens with one attached hydrogen (secondary N) is 1. The van der Waals surface area contributed by atoms with E-state index in [0.717, 1.165) is 54.4 Å². The van der Waals surface area contributed by atoms with Crippen LogP contribution in [0.5, 0.6) is 5.75 Å². The maximum atomic E-state index is 13.4. The minimum Gasteiger partial charge on any atom is -0.490 e. The third-order valence-electron chi connectivity index (χ3n) is 5.89. The molecule has 0 saturated carbocycles. The maximum absolute atomic E-state index is 13.4. The Hall–Kier alpha value is -2.79. The molecule has 1 unspecified atom stereocenters. The Labute approximate surface area is 190 Å².